The topological polar surface area (TPSA) is 40.5 Å². The second-order valence-electron chi connectivity index (χ2n) is 3.33. The molecule has 0 unspecified atom stereocenters. The van der Waals surface area contributed by atoms with E-state index >= 15 is 0 Å². The average Bonchev–Trinajstić information content (AvgIpc) is 2.33. The molecule has 17 heavy (non-hydrogen) atoms. The Hall–Kier alpha value is 0.710. The molecular weight excluding hydrogens is 272 g/mol. The van der Waals surface area contributed by atoms with E-state index in [1.807, 2.05) is 41.4 Å². The van der Waals surface area contributed by atoms with Crippen LogP contribution in [0.5, 0.6) is 0 Å². The summed E-state index contributed by atoms with van der Waals surface area (Å²) in [5.41, 5.74) is 0. The Morgan fingerprint density at radius 2 is 1.47 bits per heavy atom. The highest BCUT2D eigenvalue weighted by atomic mass is 32.2. The fourth-order valence-corrected chi connectivity index (χ4v) is 5.39. The van der Waals surface area contributed by atoms with E-state index in [1.54, 1.807) is 6.08 Å². The van der Waals surface area contributed by atoms with Gasteiger partial charge < -0.3 is 10.2 Å². The Bertz CT molecular complexity index is 194. The third kappa shape index (κ3) is 8.43. The predicted octanol–water partition coefficient (Wildman–Crippen LogP) is 2.85. The SMILES string of the molecule is CCSC(SCC)[C@@H](/C=C\[C@H](O)CO)SCC. The normalized spacial score (nSPS) is 15.6. The van der Waals surface area contributed by atoms with Gasteiger partial charge in [0.1, 0.15) is 0 Å². The second-order valence-corrected chi connectivity index (χ2v) is 7.92. The molecule has 2 nitrogen and oxygen atoms in total. The summed E-state index contributed by atoms with van der Waals surface area (Å²) in [4.78, 5) is 0. The third-order valence-electron chi connectivity index (χ3n) is 2.00. The number of rotatable bonds is 10. The number of hydrogen-bond donors (Lipinski definition) is 2. The minimum absolute atomic E-state index is 0.202. The van der Waals surface area contributed by atoms with Gasteiger partial charge in [-0.3, -0.25) is 0 Å². The summed E-state index contributed by atoms with van der Waals surface area (Å²) >= 11 is 5.81. The van der Waals surface area contributed by atoms with Gasteiger partial charge in [0.15, 0.2) is 0 Å². The molecule has 0 radical (unpaired) electrons. The Morgan fingerprint density at radius 1 is 0.941 bits per heavy atom. The van der Waals surface area contributed by atoms with Gasteiger partial charge in [-0.2, -0.15) is 11.8 Å². The average molecular weight is 297 g/mol. The van der Waals surface area contributed by atoms with E-state index in [9.17, 15) is 5.11 Å². The van der Waals surface area contributed by atoms with E-state index in [4.69, 9.17) is 5.11 Å². The summed E-state index contributed by atoms with van der Waals surface area (Å²) in [5.74, 6) is 3.28. The van der Waals surface area contributed by atoms with E-state index in [1.165, 1.54) is 0 Å². The number of thioether (sulfide) groups is 3. The van der Waals surface area contributed by atoms with Gasteiger partial charge in [0, 0.05) is 5.25 Å². The first-order chi connectivity index (χ1) is 8.19. The molecule has 0 amide bonds. The summed E-state index contributed by atoms with van der Waals surface area (Å²) < 4.78 is 0.525. The van der Waals surface area contributed by atoms with Crippen molar-refractivity contribution in [3.63, 3.8) is 0 Å². The summed E-state index contributed by atoms with van der Waals surface area (Å²) in [6.07, 6.45) is 3.03. The van der Waals surface area contributed by atoms with Gasteiger partial charge in [0.05, 0.1) is 17.3 Å². The first kappa shape index (κ1) is 17.7. The van der Waals surface area contributed by atoms with Crippen molar-refractivity contribution in [3.8, 4) is 0 Å². The van der Waals surface area contributed by atoms with Crippen molar-refractivity contribution in [1.82, 2.24) is 0 Å². The van der Waals surface area contributed by atoms with E-state index in [0.29, 0.717) is 9.83 Å². The van der Waals surface area contributed by atoms with Crippen molar-refractivity contribution < 1.29 is 10.2 Å². The zero-order valence-electron chi connectivity index (χ0n) is 10.8. The lowest BCUT2D eigenvalue weighted by molar-refractivity contribution is 0.131. The standard InChI is InChI=1S/C12H24O2S3/c1-4-15-11(8-7-10(14)9-13)12(16-5-2)17-6-3/h7-8,10-14H,4-6,9H2,1-3H3/b8-7-/t10-,11+/m0/s1. The Balaban J connectivity index is 4.47. The van der Waals surface area contributed by atoms with Gasteiger partial charge in [-0.1, -0.05) is 32.9 Å². The molecule has 0 aliphatic rings. The summed E-state index contributed by atoms with van der Waals surface area (Å²) in [6, 6.07) is 0. The van der Waals surface area contributed by atoms with Crippen LogP contribution in [0.4, 0.5) is 0 Å². The largest absolute Gasteiger partial charge is 0.393 e. The molecule has 0 aromatic rings. The van der Waals surface area contributed by atoms with Crippen LogP contribution in [-0.2, 0) is 0 Å². The van der Waals surface area contributed by atoms with E-state index in [0.717, 1.165) is 17.3 Å². The molecule has 0 saturated carbocycles. The van der Waals surface area contributed by atoms with Gasteiger partial charge in [-0.05, 0) is 17.3 Å². The van der Waals surface area contributed by atoms with Crippen LogP contribution in [0, 0.1) is 0 Å². The molecule has 0 spiro atoms. The van der Waals surface area contributed by atoms with E-state index in [-0.39, 0.29) is 6.61 Å². The molecule has 0 fully saturated rings. The number of hydrogen-bond acceptors (Lipinski definition) is 5. The predicted molar refractivity (Wildman–Crippen MR) is 84.2 cm³/mol. The number of aliphatic hydroxyl groups excluding tert-OH is 2. The van der Waals surface area contributed by atoms with Crippen LogP contribution < -0.4 is 0 Å². The maximum absolute atomic E-state index is 9.36. The van der Waals surface area contributed by atoms with Gasteiger partial charge in [0.2, 0.25) is 0 Å². The van der Waals surface area contributed by atoms with Crippen LogP contribution in [0.1, 0.15) is 20.8 Å². The molecule has 0 aromatic heterocycles. The van der Waals surface area contributed by atoms with Crippen LogP contribution in [-0.4, -0.2) is 50.0 Å². The van der Waals surface area contributed by atoms with Gasteiger partial charge in [-0.15, -0.1) is 23.5 Å². The third-order valence-corrected chi connectivity index (χ3v) is 6.22. The molecule has 2 N–H and O–H groups in total. The van der Waals surface area contributed by atoms with Crippen LogP contribution in [0.3, 0.4) is 0 Å². The van der Waals surface area contributed by atoms with Crippen LogP contribution in [0.15, 0.2) is 12.2 Å². The van der Waals surface area contributed by atoms with E-state index in [2.05, 4.69) is 20.8 Å². The lowest BCUT2D eigenvalue weighted by atomic mass is 10.3. The van der Waals surface area contributed by atoms with Crippen molar-refractivity contribution in [2.45, 2.75) is 36.7 Å². The van der Waals surface area contributed by atoms with Gasteiger partial charge in [0.25, 0.3) is 0 Å². The maximum Gasteiger partial charge on any atom is 0.0952 e. The monoisotopic (exact) mass is 296 g/mol. The van der Waals surface area contributed by atoms with E-state index < -0.39 is 6.10 Å². The summed E-state index contributed by atoms with van der Waals surface area (Å²) in [5, 5.41) is 18.6. The lowest BCUT2D eigenvalue weighted by Gasteiger charge is -2.22. The molecule has 5 heteroatoms. The fraction of sp³-hybridized carbons (Fsp3) is 0.833. The summed E-state index contributed by atoms with van der Waals surface area (Å²) in [6.45, 7) is 6.30. The molecule has 0 aliphatic heterocycles. The molecule has 0 rings (SSSR count). The molecule has 102 valence electrons. The molecule has 0 saturated heterocycles. The van der Waals surface area contributed by atoms with Crippen molar-refractivity contribution in [2.75, 3.05) is 23.9 Å². The Kier molecular flexibility index (Phi) is 12.3. The van der Waals surface area contributed by atoms with Crippen LogP contribution >= 0.6 is 35.3 Å². The second kappa shape index (κ2) is 11.8. The molecule has 0 aromatic carbocycles. The lowest BCUT2D eigenvalue weighted by Crippen LogP contribution is -2.17. The minimum atomic E-state index is -0.728. The maximum atomic E-state index is 9.36. The number of aliphatic hydroxyl groups is 2. The fourth-order valence-electron chi connectivity index (χ4n) is 1.28. The van der Waals surface area contributed by atoms with Gasteiger partial charge >= 0.3 is 0 Å². The molecule has 0 heterocycles. The zero-order valence-corrected chi connectivity index (χ0v) is 13.3. The minimum Gasteiger partial charge on any atom is -0.393 e. The first-order valence-electron chi connectivity index (χ1n) is 6.01. The molecule has 2 atom stereocenters. The Morgan fingerprint density at radius 3 is 1.88 bits per heavy atom. The molecule has 0 aliphatic carbocycles. The molecular formula is C12H24O2S3. The van der Waals surface area contributed by atoms with Crippen molar-refractivity contribution in [3.05, 3.63) is 12.2 Å². The van der Waals surface area contributed by atoms with Crippen LogP contribution in [0.2, 0.25) is 0 Å². The summed E-state index contributed by atoms with van der Waals surface area (Å²) in [7, 11) is 0. The first-order valence-corrected chi connectivity index (χ1v) is 9.16. The smallest absolute Gasteiger partial charge is 0.0952 e. The van der Waals surface area contributed by atoms with Crippen molar-refractivity contribution >= 4 is 35.3 Å². The molecule has 0 bridgehead atoms. The highest BCUT2D eigenvalue weighted by Crippen LogP contribution is 2.34. The highest BCUT2D eigenvalue weighted by molar-refractivity contribution is 8.18. The highest BCUT2D eigenvalue weighted by Gasteiger charge is 2.19. The quantitative estimate of drug-likeness (QED) is 0.479. The van der Waals surface area contributed by atoms with Crippen molar-refractivity contribution in [1.29, 1.82) is 0 Å². The Labute approximate surface area is 118 Å². The van der Waals surface area contributed by atoms with Gasteiger partial charge in [-0.25, -0.2) is 0 Å². The van der Waals surface area contributed by atoms with Crippen molar-refractivity contribution in [2.24, 2.45) is 0 Å². The van der Waals surface area contributed by atoms with Crippen LogP contribution in [0.25, 0.3) is 0 Å². The zero-order chi connectivity index (χ0) is 13.1.